The quantitative estimate of drug-likeness (QED) is 0.352. The monoisotopic (exact) mass is 398 g/mol. The van der Waals surface area contributed by atoms with Crippen molar-refractivity contribution in [3.05, 3.63) is 11.6 Å². The van der Waals surface area contributed by atoms with Gasteiger partial charge in [-0.1, -0.05) is 47.6 Å². The third kappa shape index (κ3) is 5.56. The van der Waals surface area contributed by atoms with Crippen LogP contribution in [0, 0.1) is 5.92 Å². The molecule has 1 aliphatic carbocycles. The molecule has 154 valence electrons. The highest BCUT2D eigenvalue weighted by Crippen LogP contribution is 2.45. The summed E-state index contributed by atoms with van der Waals surface area (Å²) >= 11 is 0. The maximum Gasteiger partial charge on any atom is 0.192 e. The highest BCUT2D eigenvalue weighted by atomic mass is 28.4. The van der Waals surface area contributed by atoms with E-state index in [1.165, 1.54) is 5.57 Å². The van der Waals surface area contributed by atoms with Crippen molar-refractivity contribution in [2.75, 3.05) is 0 Å². The molecular formula is C22H46O2Si2. The summed E-state index contributed by atoms with van der Waals surface area (Å²) in [5.41, 5.74) is 1.30. The van der Waals surface area contributed by atoms with Crippen LogP contribution in [0.25, 0.3) is 0 Å². The van der Waals surface area contributed by atoms with Gasteiger partial charge in [0.05, 0.1) is 11.7 Å². The predicted molar refractivity (Wildman–Crippen MR) is 121 cm³/mol. The van der Waals surface area contributed by atoms with Crippen LogP contribution in [-0.2, 0) is 8.85 Å². The van der Waals surface area contributed by atoms with Crippen LogP contribution < -0.4 is 0 Å². The summed E-state index contributed by atoms with van der Waals surface area (Å²) in [6, 6.07) is 0. The lowest BCUT2D eigenvalue weighted by Gasteiger charge is -2.48. The van der Waals surface area contributed by atoms with Crippen molar-refractivity contribution >= 4 is 16.6 Å². The molecule has 0 aromatic carbocycles. The van der Waals surface area contributed by atoms with Crippen molar-refractivity contribution in [1.29, 1.82) is 0 Å². The summed E-state index contributed by atoms with van der Waals surface area (Å²) in [6.45, 7) is 30.2. The second-order valence-electron chi connectivity index (χ2n) is 11.9. The van der Waals surface area contributed by atoms with Gasteiger partial charge in [-0.25, -0.2) is 0 Å². The van der Waals surface area contributed by atoms with Gasteiger partial charge in [-0.3, -0.25) is 0 Å². The average molecular weight is 399 g/mol. The molecule has 2 nitrogen and oxygen atoms in total. The first-order valence-electron chi connectivity index (χ1n) is 10.3. The van der Waals surface area contributed by atoms with E-state index >= 15 is 0 Å². The maximum absolute atomic E-state index is 6.88. The highest BCUT2D eigenvalue weighted by molar-refractivity contribution is 6.74. The zero-order valence-electron chi connectivity index (χ0n) is 20.0. The number of hydrogen-bond donors (Lipinski definition) is 0. The third-order valence-electron chi connectivity index (χ3n) is 7.28. The highest BCUT2D eigenvalue weighted by Gasteiger charge is 2.46. The third-order valence-corrected chi connectivity index (χ3v) is 16.4. The van der Waals surface area contributed by atoms with Gasteiger partial charge >= 0.3 is 0 Å². The van der Waals surface area contributed by atoms with E-state index in [9.17, 15) is 0 Å². The Morgan fingerprint density at radius 2 is 1.31 bits per heavy atom. The predicted octanol–water partition coefficient (Wildman–Crippen LogP) is 7.53. The fourth-order valence-electron chi connectivity index (χ4n) is 3.14. The topological polar surface area (TPSA) is 18.5 Å². The molecule has 0 saturated carbocycles. The van der Waals surface area contributed by atoms with Gasteiger partial charge in [-0.15, -0.1) is 0 Å². The summed E-state index contributed by atoms with van der Waals surface area (Å²) in [7, 11) is -3.57. The Morgan fingerprint density at radius 3 is 1.73 bits per heavy atom. The van der Waals surface area contributed by atoms with E-state index in [1.54, 1.807) is 0 Å². The van der Waals surface area contributed by atoms with Crippen molar-refractivity contribution in [2.24, 2.45) is 5.92 Å². The van der Waals surface area contributed by atoms with Crippen molar-refractivity contribution in [3.8, 4) is 0 Å². The standard InChI is InChI=1S/C22H46O2Si2/c1-17-14-15-18(16-19(17)23-25(10,11)20(2,3)4)22(8,9)24-26(12,13)21(5,6)7/h14,18-19H,15-16H2,1-13H3/t18-,19+/m0/s1. The Bertz CT molecular complexity index is 519. The minimum absolute atomic E-state index is 0.116. The van der Waals surface area contributed by atoms with Crippen LogP contribution in [-0.4, -0.2) is 28.3 Å². The molecule has 0 aromatic heterocycles. The molecule has 0 bridgehead atoms. The van der Waals surface area contributed by atoms with Crippen molar-refractivity contribution in [1.82, 2.24) is 0 Å². The molecule has 0 saturated heterocycles. The van der Waals surface area contributed by atoms with Crippen molar-refractivity contribution in [3.63, 3.8) is 0 Å². The SMILES string of the molecule is CC1=CC[C@H](C(C)(C)O[Si](C)(C)C(C)(C)C)C[C@H]1O[Si](C)(C)C(C)(C)C. The zero-order valence-corrected chi connectivity index (χ0v) is 22.0. The normalized spacial score (nSPS) is 23.8. The summed E-state index contributed by atoms with van der Waals surface area (Å²) < 4.78 is 13.7. The Labute approximate surface area is 166 Å². The first-order valence-corrected chi connectivity index (χ1v) is 16.2. The summed E-state index contributed by atoms with van der Waals surface area (Å²) in [6.07, 6.45) is 4.83. The minimum atomic E-state index is -1.79. The van der Waals surface area contributed by atoms with Gasteiger partial charge in [0.1, 0.15) is 0 Å². The van der Waals surface area contributed by atoms with Crippen LogP contribution in [0.3, 0.4) is 0 Å². The summed E-state index contributed by atoms with van der Waals surface area (Å²) in [5, 5.41) is 0.481. The molecule has 0 heterocycles. The van der Waals surface area contributed by atoms with E-state index in [0.717, 1.165) is 12.8 Å². The number of hydrogen-bond acceptors (Lipinski definition) is 2. The molecule has 0 fully saturated rings. The molecule has 1 aliphatic rings. The minimum Gasteiger partial charge on any atom is -0.412 e. The molecule has 26 heavy (non-hydrogen) atoms. The molecule has 0 aromatic rings. The van der Waals surface area contributed by atoms with Gasteiger partial charge in [0, 0.05) is 0 Å². The molecule has 1 rings (SSSR count). The molecule has 0 radical (unpaired) electrons. The van der Waals surface area contributed by atoms with Crippen LogP contribution in [0.15, 0.2) is 11.6 Å². The Morgan fingerprint density at radius 1 is 0.846 bits per heavy atom. The molecular weight excluding hydrogens is 352 g/mol. The molecule has 4 heteroatoms. The van der Waals surface area contributed by atoms with E-state index < -0.39 is 16.6 Å². The Balaban J connectivity index is 2.97. The van der Waals surface area contributed by atoms with Crippen LogP contribution in [0.4, 0.5) is 0 Å². The van der Waals surface area contributed by atoms with Gasteiger partial charge in [0.15, 0.2) is 16.6 Å². The van der Waals surface area contributed by atoms with Gasteiger partial charge in [-0.05, 0) is 81.4 Å². The van der Waals surface area contributed by atoms with E-state index in [-0.39, 0.29) is 21.8 Å². The Kier molecular flexibility index (Phi) is 6.95. The molecule has 2 atom stereocenters. The largest absolute Gasteiger partial charge is 0.412 e. The lowest BCUT2D eigenvalue weighted by molar-refractivity contribution is 0.00701. The van der Waals surface area contributed by atoms with Gasteiger partial charge in [0.2, 0.25) is 0 Å². The van der Waals surface area contributed by atoms with Crippen LogP contribution >= 0.6 is 0 Å². The fraction of sp³-hybridized carbons (Fsp3) is 0.909. The summed E-state index contributed by atoms with van der Waals surface area (Å²) in [5.74, 6) is 0.509. The van der Waals surface area contributed by atoms with Crippen LogP contribution in [0.2, 0.25) is 36.3 Å². The van der Waals surface area contributed by atoms with Crippen molar-refractivity contribution in [2.45, 2.75) is 123 Å². The molecule has 0 unspecified atom stereocenters. The van der Waals surface area contributed by atoms with E-state index in [4.69, 9.17) is 8.85 Å². The molecule has 0 N–H and O–H groups in total. The number of allylic oxidation sites excluding steroid dienone is 1. The fourth-order valence-corrected chi connectivity index (χ4v) is 6.27. The molecule has 0 amide bonds. The van der Waals surface area contributed by atoms with Gasteiger partial charge in [0.25, 0.3) is 0 Å². The van der Waals surface area contributed by atoms with Crippen LogP contribution in [0.5, 0.6) is 0 Å². The van der Waals surface area contributed by atoms with Gasteiger partial charge < -0.3 is 8.85 Å². The molecule has 0 spiro atoms. The second-order valence-corrected chi connectivity index (χ2v) is 21.4. The lowest BCUT2D eigenvalue weighted by Crippen LogP contribution is -2.52. The van der Waals surface area contributed by atoms with E-state index in [1.807, 2.05) is 0 Å². The number of rotatable bonds is 5. The average Bonchev–Trinajstić information content (AvgIpc) is 2.36. The maximum atomic E-state index is 6.88. The first kappa shape index (κ1) is 24.1. The Hall–Kier alpha value is 0.0938. The van der Waals surface area contributed by atoms with E-state index in [2.05, 4.69) is 94.6 Å². The van der Waals surface area contributed by atoms with E-state index in [0.29, 0.717) is 5.92 Å². The lowest BCUT2D eigenvalue weighted by atomic mass is 9.78. The zero-order chi connectivity index (χ0) is 20.8. The van der Waals surface area contributed by atoms with Crippen molar-refractivity contribution < 1.29 is 8.85 Å². The smallest absolute Gasteiger partial charge is 0.192 e. The molecule has 0 aliphatic heterocycles. The van der Waals surface area contributed by atoms with Crippen LogP contribution in [0.1, 0.15) is 75.2 Å². The van der Waals surface area contributed by atoms with Gasteiger partial charge in [-0.2, -0.15) is 0 Å². The second kappa shape index (κ2) is 7.49. The summed E-state index contributed by atoms with van der Waals surface area (Å²) in [4.78, 5) is 0. The first-order chi connectivity index (χ1) is 11.3.